The minimum Gasteiger partial charge on any atom is -0.476 e. The molecule has 0 aliphatic carbocycles. The van der Waals surface area contributed by atoms with Crippen molar-refractivity contribution >= 4 is 34.2 Å². The predicted molar refractivity (Wildman–Crippen MR) is 55.5 cm³/mol. The Morgan fingerprint density at radius 2 is 2.19 bits per heavy atom. The summed E-state index contributed by atoms with van der Waals surface area (Å²) in [4.78, 5) is 23.4. The topological polar surface area (TPSA) is 93.3 Å². The lowest BCUT2D eigenvalue weighted by molar-refractivity contribution is -0.386. The van der Waals surface area contributed by atoms with E-state index in [4.69, 9.17) is 5.11 Å². The van der Waals surface area contributed by atoms with E-state index in [0.29, 0.717) is 0 Å². The number of nitrogens with zero attached hydrogens (tertiary/aromatic N) is 2. The Kier molecular flexibility index (Phi) is 3.67. The van der Waals surface area contributed by atoms with Crippen molar-refractivity contribution in [3.63, 3.8) is 0 Å². The van der Waals surface area contributed by atoms with Crippen molar-refractivity contribution in [2.75, 3.05) is 0 Å². The number of carbonyl (C=O) groups is 1. The number of rotatable bonds is 3. The molecule has 0 aromatic carbocycles. The third-order valence-electron chi connectivity index (χ3n) is 1.62. The molecule has 16 heavy (non-hydrogen) atoms. The quantitative estimate of drug-likeness (QED) is 0.393. The summed E-state index contributed by atoms with van der Waals surface area (Å²) in [6.45, 7) is 0. The number of alkyl halides is 2. The fourth-order valence-electron chi connectivity index (χ4n) is 1.04. The normalized spacial score (nSPS) is 10.5. The fraction of sp³-hybridized carbons (Fsp3) is 0.143. The SMILES string of the molecule is O=C(O)c1nc(I)cc([N+](=O)[O-])c1C(F)F. The van der Waals surface area contributed by atoms with Crippen molar-refractivity contribution in [2.24, 2.45) is 0 Å². The van der Waals surface area contributed by atoms with Gasteiger partial charge in [0.15, 0.2) is 5.69 Å². The van der Waals surface area contributed by atoms with Crippen molar-refractivity contribution in [2.45, 2.75) is 6.43 Å². The molecule has 86 valence electrons. The molecular weight excluding hydrogens is 341 g/mol. The summed E-state index contributed by atoms with van der Waals surface area (Å²) >= 11 is 1.51. The number of nitro groups is 1. The maximum absolute atomic E-state index is 12.5. The number of hydrogen-bond donors (Lipinski definition) is 1. The molecule has 0 amide bonds. The molecule has 0 unspecified atom stereocenters. The molecule has 0 fully saturated rings. The lowest BCUT2D eigenvalue weighted by Crippen LogP contribution is -2.10. The van der Waals surface area contributed by atoms with Crippen molar-refractivity contribution in [3.8, 4) is 0 Å². The Bertz CT molecular complexity index is 431. The molecule has 0 bridgehead atoms. The monoisotopic (exact) mass is 344 g/mol. The van der Waals surface area contributed by atoms with Gasteiger partial charge in [0.2, 0.25) is 0 Å². The molecule has 0 radical (unpaired) electrons. The minimum atomic E-state index is -3.27. The Hall–Kier alpha value is -1.39. The van der Waals surface area contributed by atoms with Crippen molar-refractivity contribution in [1.82, 2.24) is 4.98 Å². The van der Waals surface area contributed by atoms with E-state index in [1.165, 1.54) is 22.6 Å². The van der Waals surface area contributed by atoms with E-state index >= 15 is 0 Å². The van der Waals surface area contributed by atoms with Crippen LogP contribution in [-0.2, 0) is 0 Å². The summed E-state index contributed by atoms with van der Waals surface area (Å²) in [6.07, 6.45) is -3.27. The van der Waals surface area contributed by atoms with Crippen molar-refractivity contribution in [3.05, 3.63) is 31.1 Å². The Balaban J connectivity index is 3.60. The first kappa shape index (κ1) is 12.7. The first-order valence-corrected chi connectivity index (χ1v) is 4.78. The van der Waals surface area contributed by atoms with Crippen LogP contribution in [0.5, 0.6) is 0 Å². The summed E-state index contributed by atoms with van der Waals surface area (Å²) < 4.78 is 25.0. The standard InChI is InChI=1S/C7H3F2IN2O4/c8-6(9)4-2(12(15)16)1-3(10)11-5(4)7(13)14/h1,6H,(H,13,14). The van der Waals surface area contributed by atoms with E-state index in [-0.39, 0.29) is 3.70 Å². The fourth-order valence-corrected chi connectivity index (χ4v) is 1.58. The summed E-state index contributed by atoms with van der Waals surface area (Å²) in [7, 11) is 0. The second-order valence-corrected chi connectivity index (χ2v) is 3.69. The van der Waals surface area contributed by atoms with Gasteiger partial charge >= 0.3 is 5.97 Å². The lowest BCUT2D eigenvalue weighted by Gasteiger charge is -2.05. The Morgan fingerprint density at radius 3 is 2.56 bits per heavy atom. The van der Waals surface area contributed by atoms with Crippen LogP contribution < -0.4 is 0 Å². The van der Waals surface area contributed by atoms with E-state index in [0.717, 1.165) is 6.07 Å². The molecule has 0 aliphatic heterocycles. The third-order valence-corrected chi connectivity index (χ3v) is 2.18. The largest absolute Gasteiger partial charge is 0.476 e. The lowest BCUT2D eigenvalue weighted by atomic mass is 10.1. The second kappa shape index (κ2) is 4.63. The molecule has 9 heteroatoms. The number of carboxylic acid groups (broad SMARTS) is 1. The number of hydrogen-bond acceptors (Lipinski definition) is 4. The van der Waals surface area contributed by atoms with Gasteiger partial charge in [-0.3, -0.25) is 10.1 Å². The third kappa shape index (κ3) is 2.40. The highest BCUT2D eigenvalue weighted by atomic mass is 127. The first-order chi connectivity index (χ1) is 7.34. The van der Waals surface area contributed by atoms with Gasteiger partial charge in [-0.15, -0.1) is 0 Å². The zero-order valence-electron chi connectivity index (χ0n) is 7.35. The van der Waals surface area contributed by atoms with Crippen molar-refractivity contribution in [1.29, 1.82) is 0 Å². The number of aromatic nitrogens is 1. The van der Waals surface area contributed by atoms with E-state index in [1.807, 2.05) is 0 Å². The smallest absolute Gasteiger partial charge is 0.355 e. The molecular formula is C7H3F2IN2O4. The van der Waals surface area contributed by atoms with Crippen LogP contribution in [0.1, 0.15) is 22.5 Å². The van der Waals surface area contributed by atoms with Crippen molar-refractivity contribution < 1.29 is 23.6 Å². The van der Waals surface area contributed by atoms with Gasteiger partial charge in [-0.1, -0.05) is 0 Å². The second-order valence-electron chi connectivity index (χ2n) is 2.59. The van der Waals surface area contributed by atoms with Gasteiger partial charge < -0.3 is 5.11 Å². The molecule has 0 atom stereocenters. The molecule has 0 spiro atoms. The molecule has 1 N–H and O–H groups in total. The van der Waals surface area contributed by atoms with Gasteiger partial charge in [-0.25, -0.2) is 18.6 Å². The maximum atomic E-state index is 12.5. The van der Waals surface area contributed by atoms with E-state index < -0.39 is 34.3 Å². The number of carboxylic acids is 1. The van der Waals surface area contributed by atoms with Crippen LogP contribution in [0.4, 0.5) is 14.5 Å². The zero-order valence-corrected chi connectivity index (χ0v) is 9.51. The highest BCUT2D eigenvalue weighted by molar-refractivity contribution is 14.1. The van der Waals surface area contributed by atoms with Gasteiger partial charge in [0, 0.05) is 6.07 Å². The van der Waals surface area contributed by atoms with Crippen LogP contribution in [0.25, 0.3) is 0 Å². The maximum Gasteiger partial charge on any atom is 0.355 e. The van der Waals surface area contributed by atoms with Crippen LogP contribution in [0.2, 0.25) is 0 Å². The molecule has 0 aliphatic rings. The molecule has 0 saturated heterocycles. The average molecular weight is 344 g/mol. The molecule has 6 nitrogen and oxygen atoms in total. The zero-order chi connectivity index (χ0) is 12.5. The highest BCUT2D eigenvalue weighted by Crippen LogP contribution is 2.32. The predicted octanol–water partition coefficient (Wildman–Crippen LogP) is 2.23. The van der Waals surface area contributed by atoms with Gasteiger partial charge in [-0.2, -0.15) is 0 Å². The van der Waals surface area contributed by atoms with E-state index in [1.54, 1.807) is 0 Å². The van der Waals surface area contributed by atoms with Gasteiger partial charge in [0.1, 0.15) is 9.26 Å². The van der Waals surface area contributed by atoms with Crippen LogP contribution in [0.15, 0.2) is 6.07 Å². The number of halogens is 3. The van der Waals surface area contributed by atoms with Gasteiger partial charge in [0.05, 0.1) is 4.92 Å². The van der Waals surface area contributed by atoms with Crippen LogP contribution in [0, 0.1) is 13.8 Å². The summed E-state index contributed by atoms with van der Waals surface area (Å²) in [6, 6.07) is 0.800. The van der Waals surface area contributed by atoms with Gasteiger partial charge in [0.25, 0.3) is 12.1 Å². The summed E-state index contributed by atoms with van der Waals surface area (Å²) in [5.41, 5.74) is -3.10. The van der Waals surface area contributed by atoms with Crippen LogP contribution in [0.3, 0.4) is 0 Å². The van der Waals surface area contributed by atoms with E-state index in [9.17, 15) is 23.7 Å². The Labute approximate surface area is 101 Å². The Morgan fingerprint density at radius 1 is 1.62 bits per heavy atom. The highest BCUT2D eigenvalue weighted by Gasteiger charge is 2.30. The molecule has 1 rings (SSSR count). The molecule has 0 saturated carbocycles. The molecule has 1 aromatic rings. The first-order valence-electron chi connectivity index (χ1n) is 3.71. The van der Waals surface area contributed by atoms with Crippen LogP contribution in [-0.4, -0.2) is 21.0 Å². The minimum absolute atomic E-state index is 0.0360. The molecule has 1 heterocycles. The number of pyridine rings is 1. The van der Waals surface area contributed by atoms with Crippen LogP contribution >= 0.6 is 22.6 Å². The summed E-state index contributed by atoms with van der Waals surface area (Å²) in [5.74, 6) is -1.73. The average Bonchev–Trinajstić information content (AvgIpc) is 2.15. The van der Waals surface area contributed by atoms with E-state index in [2.05, 4.69) is 4.98 Å². The molecule has 1 aromatic heterocycles. The van der Waals surface area contributed by atoms with Gasteiger partial charge in [-0.05, 0) is 22.6 Å². The number of aromatic carboxylic acids is 1. The summed E-state index contributed by atoms with van der Waals surface area (Å²) in [5, 5.41) is 19.1.